The molecule has 37 heavy (non-hydrogen) atoms. The fraction of sp³-hybridized carbons (Fsp3) is 0.462. The highest BCUT2D eigenvalue weighted by atomic mass is 35.5. The highest BCUT2D eigenvalue weighted by Gasteiger charge is 2.30. The largest absolute Gasteiger partial charge is 0.356 e. The van der Waals surface area contributed by atoms with Crippen LogP contribution < -0.4 is 15.5 Å². The van der Waals surface area contributed by atoms with Gasteiger partial charge in [-0.2, -0.15) is 0 Å². The lowest BCUT2D eigenvalue weighted by Gasteiger charge is -2.33. The second-order valence-electron chi connectivity index (χ2n) is 10.5. The molecule has 3 aromatic rings. The second-order valence-corrected chi connectivity index (χ2v) is 10.9. The topological polar surface area (TPSA) is 88.0 Å². The Labute approximate surface area is 227 Å². The summed E-state index contributed by atoms with van der Waals surface area (Å²) in [6, 6.07) is 4.74. The molecule has 2 aliphatic rings. The second kappa shape index (κ2) is 10.9. The van der Waals surface area contributed by atoms with Crippen molar-refractivity contribution in [3.05, 3.63) is 53.0 Å². The van der Waals surface area contributed by atoms with Crippen LogP contribution in [-0.4, -0.2) is 50.6 Å². The number of nitrogens with zero attached hydrogens (tertiary/aromatic N) is 5. The van der Waals surface area contributed by atoms with Gasteiger partial charge in [-0.05, 0) is 51.8 Å². The van der Waals surface area contributed by atoms with Crippen LogP contribution in [-0.2, 0) is 17.8 Å². The number of piperidine rings is 1. The van der Waals surface area contributed by atoms with Gasteiger partial charge in [-0.25, -0.2) is 19.3 Å². The predicted molar refractivity (Wildman–Crippen MR) is 146 cm³/mol. The van der Waals surface area contributed by atoms with Crippen molar-refractivity contribution in [1.29, 1.82) is 0 Å². The molecule has 198 valence electrons. The van der Waals surface area contributed by atoms with Crippen LogP contribution in [0.25, 0.3) is 11.3 Å². The first-order valence-corrected chi connectivity index (χ1v) is 12.7. The summed E-state index contributed by atoms with van der Waals surface area (Å²) in [5.74, 6) is 2.30. The van der Waals surface area contributed by atoms with E-state index in [0.29, 0.717) is 12.2 Å². The summed E-state index contributed by atoms with van der Waals surface area (Å²) in [5.41, 5.74) is 2.50. The highest BCUT2D eigenvalue weighted by molar-refractivity contribution is 6.31. The third-order valence-corrected chi connectivity index (χ3v) is 7.00. The average Bonchev–Trinajstić information content (AvgIpc) is 3.43. The molecule has 8 nitrogen and oxygen atoms in total. The van der Waals surface area contributed by atoms with Gasteiger partial charge in [-0.1, -0.05) is 11.6 Å². The van der Waals surface area contributed by atoms with E-state index < -0.39 is 5.82 Å². The third kappa shape index (κ3) is 6.05. The zero-order valence-electron chi connectivity index (χ0n) is 21.2. The molecular formula is C26H32Cl2FN7O. The first kappa shape index (κ1) is 27.3. The van der Waals surface area contributed by atoms with Gasteiger partial charge < -0.3 is 20.1 Å². The summed E-state index contributed by atoms with van der Waals surface area (Å²) in [6.07, 6.45) is 5.70. The van der Waals surface area contributed by atoms with E-state index in [4.69, 9.17) is 16.6 Å². The number of imidazole rings is 1. The van der Waals surface area contributed by atoms with Crippen molar-refractivity contribution in [2.45, 2.75) is 58.0 Å². The van der Waals surface area contributed by atoms with Crippen LogP contribution in [0.1, 0.15) is 50.9 Å². The van der Waals surface area contributed by atoms with Crippen molar-refractivity contribution in [2.24, 2.45) is 0 Å². The lowest BCUT2D eigenvalue weighted by Crippen LogP contribution is -2.38. The zero-order valence-corrected chi connectivity index (χ0v) is 22.8. The number of fused-ring (bicyclic) bond motifs is 1. The molecule has 1 saturated heterocycles. The minimum atomic E-state index is -0.435. The van der Waals surface area contributed by atoms with Gasteiger partial charge in [0, 0.05) is 55.0 Å². The summed E-state index contributed by atoms with van der Waals surface area (Å²) >= 11 is 6.06. The number of hydrogen-bond acceptors (Lipinski definition) is 6. The molecule has 1 fully saturated rings. The van der Waals surface area contributed by atoms with Crippen LogP contribution in [0, 0.1) is 5.82 Å². The number of anilines is 2. The maximum absolute atomic E-state index is 13.7. The van der Waals surface area contributed by atoms with Gasteiger partial charge in [-0.15, -0.1) is 12.4 Å². The van der Waals surface area contributed by atoms with Crippen LogP contribution in [0.5, 0.6) is 0 Å². The molecule has 0 radical (unpaired) electrons. The molecule has 0 bridgehead atoms. The van der Waals surface area contributed by atoms with E-state index in [-0.39, 0.29) is 34.8 Å². The van der Waals surface area contributed by atoms with Crippen LogP contribution in [0.15, 0.2) is 30.7 Å². The zero-order chi connectivity index (χ0) is 25.4. The average molecular weight is 548 g/mol. The number of rotatable bonds is 6. The fourth-order valence-electron chi connectivity index (χ4n) is 4.91. The number of nitrogens with one attached hydrogen (secondary N) is 2. The van der Waals surface area contributed by atoms with Gasteiger partial charge in [0.05, 0.1) is 17.1 Å². The smallest absolute Gasteiger partial charge is 0.230 e. The van der Waals surface area contributed by atoms with E-state index in [1.54, 1.807) is 12.1 Å². The molecular weight excluding hydrogens is 516 g/mol. The van der Waals surface area contributed by atoms with Gasteiger partial charge in [-0.3, -0.25) is 4.79 Å². The predicted octanol–water partition coefficient (Wildman–Crippen LogP) is 4.82. The van der Waals surface area contributed by atoms with Crippen molar-refractivity contribution in [1.82, 2.24) is 24.8 Å². The van der Waals surface area contributed by atoms with Gasteiger partial charge in [0.25, 0.3) is 0 Å². The Morgan fingerprint density at radius 2 is 1.97 bits per heavy atom. The Morgan fingerprint density at radius 3 is 2.68 bits per heavy atom. The molecule has 1 aromatic carbocycles. The maximum atomic E-state index is 13.7. The third-order valence-electron chi connectivity index (χ3n) is 6.71. The van der Waals surface area contributed by atoms with Crippen molar-refractivity contribution in [2.75, 3.05) is 29.9 Å². The lowest BCUT2D eigenvalue weighted by atomic mass is 9.95. The van der Waals surface area contributed by atoms with Crippen LogP contribution in [0.2, 0.25) is 5.02 Å². The van der Waals surface area contributed by atoms with Crippen molar-refractivity contribution >= 4 is 41.6 Å². The SMILES string of the molecule is CC(C)(C)NCCn1cc(-c2ccc(F)c(Cl)c2)nc1C1CCN(c2ncnc3c2CC(=O)N3)CC1.Cl. The molecule has 4 heterocycles. The minimum Gasteiger partial charge on any atom is -0.356 e. The molecule has 2 aromatic heterocycles. The first-order chi connectivity index (χ1) is 17.2. The summed E-state index contributed by atoms with van der Waals surface area (Å²) in [4.78, 5) is 27.8. The maximum Gasteiger partial charge on any atom is 0.230 e. The normalized spacial score (nSPS) is 15.9. The van der Waals surface area contributed by atoms with E-state index in [1.807, 2.05) is 6.20 Å². The number of aromatic nitrogens is 4. The van der Waals surface area contributed by atoms with Crippen molar-refractivity contribution in [3.8, 4) is 11.3 Å². The van der Waals surface area contributed by atoms with Gasteiger partial charge in [0.2, 0.25) is 5.91 Å². The first-order valence-electron chi connectivity index (χ1n) is 12.3. The molecule has 0 unspecified atom stereocenters. The summed E-state index contributed by atoms with van der Waals surface area (Å²) in [5, 5.41) is 6.45. The van der Waals surface area contributed by atoms with Crippen LogP contribution >= 0.6 is 24.0 Å². The Kier molecular flexibility index (Phi) is 8.06. The fourth-order valence-corrected chi connectivity index (χ4v) is 5.09. The number of carbonyl (C=O) groups is 1. The number of benzene rings is 1. The highest BCUT2D eigenvalue weighted by Crippen LogP contribution is 2.35. The quantitative estimate of drug-likeness (QED) is 0.460. The Balaban J connectivity index is 0.00000320. The summed E-state index contributed by atoms with van der Waals surface area (Å²) in [7, 11) is 0. The van der Waals surface area contributed by atoms with Crippen molar-refractivity contribution in [3.63, 3.8) is 0 Å². The number of hydrogen-bond donors (Lipinski definition) is 2. The van der Waals surface area contributed by atoms with E-state index in [0.717, 1.165) is 67.5 Å². The molecule has 0 atom stereocenters. The molecule has 0 spiro atoms. The van der Waals surface area contributed by atoms with E-state index in [1.165, 1.54) is 12.4 Å². The molecule has 0 saturated carbocycles. The van der Waals surface area contributed by atoms with Gasteiger partial charge in [0.1, 0.15) is 29.6 Å². The lowest BCUT2D eigenvalue weighted by molar-refractivity contribution is -0.115. The van der Waals surface area contributed by atoms with Crippen molar-refractivity contribution < 1.29 is 9.18 Å². The molecule has 5 rings (SSSR count). The molecule has 2 aliphatic heterocycles. The van der Waals surface area contributed by atoms with Crippen LogP contribution in [0.3, 0.4) is 0 Å². The Hall–Kier alpha value is -2.75. The van der Waals surface area contributed by atoms with E-state index in [9.17, 15) is 9.18 Å². The van der Waals surface area contributed by atoms with E-state index >= 15 is 0 Å². The standard InChI is InChI=1S/C26H31ClFN7O.ClH/c1-26(2,3)31-8-11-35-14-21(17-4-5-20(28)19(27)12-17)32-24(35)16-6-9-34(10-7-16)25-18-13-22(36)33-23(18)29-15-30-25;/h4-5,12,14-16,31H,6-11,13H2,1-3H3,(H,29,30,33,36);1H. The minimum absolute atomic E-state index is 0. The summed E-state index contributed by atoms with van der Waals surface area (Å²) in [6.45, 7) is 9.66. The molecule has 1 amide bonds. The van der Waals surface area contributed by atoms with Gasteiger partial charge in [0.15, 0.2) is 0 Å². The Morgan fingerprint density at radius 1 is 1.22 bits per heavy atom. The molecule has 0 aliphatic carbocycles. The number of amides is 1. The summed E-state index contributed by atoms with van der Waals surface area (Å²) < 4.78 is 16.0. The molecule has 2 N–H and O–H groups in total. The monoisotopic (exact) mass is 547 g/mol. The number of carbonyl (C=O) groups excluding carboxylic acids is 1. The number of halogens is 3. The van der Waals surface area contributed by atoms with E-state index in [2.05, 4.69) is 50.8 Å². The van der Waals surface area contributed by atoms with Gasteiger partial charge >= 0.3 is 0 Å². The Bertz CT molecular complexity index is 1280. The molecule has 11 heteroatoms. The van der Waals surface area contributed by atoms with Crippen LogP contribution in [0.4, 0.5) is 16.0 Å².